The highest BCUT2D eigenvalue weighted by molar-refractivity contribution is 6.06. The Labute approximate surface area is 167 Å². The largest absolute Gasteiger partial charge is 0.423 e. The number of nitro benzene ring substituents is 1. The fourth-order valence-electron chi connectivity index (χ4n) is 2.55. The van der Waals surface area contributed by atoms with E-state index in [1.54, 1.807) is 18.2 Å². The van der Waals surface area contributed by atoms with Gasteiger partial charge in [-0.1, -0.05) is 42.0 Å². The first-order valence-corrected chi connectivity index (χ1v) is 8.78. The summed E-state index contributed by atoms with van der Waals surface area (Å²) in [5.74, 6) is -0.658. The molecule has 0 heterocycles. The van der Waals surface area contributed by atoms with Crippen molar-refractivity contribution in [1.29, 1.82) is 0 Å². The molecule has 0 radical (unpaired) electrons. The predicted octanol–water partition coefficient (Wildman–Crippen LogP) is 5.02. The number of nitrogens with zero attached hydrogens (tertiary/aromatic N) is 1. The molecule has 0 saturated heterocycles. The summed E-state index contributed by atoms with van der Waals surface area (Å²) in [6.07, 6.45) is 3.22. The first-order valence-electron chi connectivity index (χ1n) is 8.78. The van der Waals surface area contributed by atoms with Crippen LogP contribution >= 0.6 is 0 Å². The van der Waals surface area contributed by atoms with Gasteiger partial charge in [-0.25, -0.2) is 4.79 Å². The fraction of sp³-hybridized carbons (Fsp3) is 0.0435. The van der Waals surface area contributed by atoms with Crippen molar-refractivity contribution in [2.24, 2.45) is 0 Å². The number of aryl methyl sites for hydroxylation is 1. The number of rotatable bonds is 6. The van der Waals surface area contributed by atoms with Gasteiger partial charge in [-0.05, 0) is 48.9 Å². The third-order valence-electron chi connectivity index (χ3n) is 4.15. The van der Waals surface area contributed by atoms with Crippen molar-refractivity contribution in [1.82, 2.24) is 0 Å². The van der Waals surface area contributed by atoms with Gasteiger partial charge in [0.05, 0.1) is 10.5 Å². The van der Waals surface area contributed by atoms with Gasteiger partial charge in [0, 0.05) is 17.7 Å². The molecule has 0 spiro atoms. The summed E-state index contributed by atoms with van der Waals surface area (Å²) in [5.41, 5.74) is 2.39. The quantitative estimate of drug-likeness (QED) is 0.148. The SMILES string of the molecule is Cc1ccc(/C=C/C(=O)c2ccc(OC(=O)c3cccc([N+](=O)[O-])c3)cc2)cc1. The number of ether oxygens (including phenoxy) is 1. The second kappa shape index (κ2) is 8.75. The fourth-order valence-corrected chi connectivity index (χ4v) is 2.55. The van der Waals surface area contributed by atoms with Crippen LogP contribution in [-0.4, -0.2) is 16.7 Å². The molecule has 0 aromatic heterocycles. The molecule has 3 aromatic rings. The minimum absolute atomic E-state index is 0.0698. The number of benzene rings is 3. The van der Waals surface area contributed by atoms with Crippen LogP contribution in [0.25, 0.3) is 6.08 Å². The Morgan fingerprint density at radius 2 is 1.62 bits per heavy atom. The summed E-state index contributed by atoms with van der Waals surface area (Å²) in [7, 11) is 0. The average Bonchev–Trinajstić information content (AvgIpc) is 2.73. The highest BCUT2D eigenvalue weighted by Crippen LogP contribution is 2.18. The Bertz CT molecular complexity index is 1080. The molecule has 0 aliphatic rings. The number of non-ortho nitro benzene ring substituents is 1. The highest BCUT2D eigenvalue weighted by Gasteiger charge is 2.13. The number of ketones is 1. The maximum atomic E-state index is 12.3. The standard InChI is InChI=1S/C23H17NO5/c1-16-5-7-17(8-6-16)9-14-22(25)18-10-12-21(13-11-18)29-23(26)19-3-2-4-20(15-19)24(27)28/h2-15H,1H3/b14-9+. The number of nitro groups is 1. The molecule has 0 fully saturated rings. The van der Waals surface area contributed by atoms with Crippen molar-refractivity contribution in [2.45, 2.75) is 6.92 Å². The molecular weight excluding hydrogens is 370 g/mol. The summed E-state index contributed by atoms with van der Waals surface area (Å²) in [5, 5.41) is 10.8. The molecule has 3 aromatic carbocycles. The van der Waals surface area contributed by atoms with E-state index in [0.717, 1.165) is 17.2 Å². The van der Waals surface area contributed by atoms with Gasteiger partial charge in [0.2, 0.25) is 0 Å². The number of hydrogen-bond acceptors (Lipinski definition) is 5. The van der Waals surface area contributed by atoms with Crippen molar-refractivity contribution < 1.29 is 19.2 Å². The van der Waals surface area contributed by atoms with Gasteiger partial charge in [-0.15, -0.1) is 0 Å². The van der Waals surface area contributed by atoms with Crippen LogP contribution in [0.5, 0.6) is 5.75 Å². The summed E-state index contributed by atoms with van der Waals surface area (Å²) >= 11 is 0. The zero-order valence-electron chi connectivity index (χ0n) is 15.6. The van der Waals surface area contributed by atoms with E-state index in [9.17, 15) is 19.7 Å². The first-order chi connectivity index (χ1) is 13.9. The predicted molar refractivity (Wildman–Crippen MR) is 109 cm³/mol. The second-order valence-electron chi connectivity index (χ2n) is 6.33. The number of hydrogen-bond donors (Lipinski definition) is 0. The summed E-state index contributed by atoms with van der Waals surface area (Å²) in [6.45, 7) is 1.99. The molecule has 0 atom stereocenters. The van der Waals surface area contributed by atoms with E-state index in [0.29, 0.717) is 5.56 Å². The van der Waals surface area contributed by atoms with Crippen LogP contribution in [0.4, 0.5) is 5.69 Å². The van der Waals surface area contributed by atoms with Crippen molar-refractivity contribution in [3.63, 3.8) is 0 Å². The minimum Gasteiger partial charge on any atom is -0.423 e. The van der Waals surface area contributed by atoms with Crippen LogP contribution < -0.4 is 4.74 Å². The maximum Gasteiger partial charge on any atom is 0.343 e. The van der Waals surface area contributed by atoms with E-state index in [1.165, 1.54) is 36.4 Å². The van der Waals surface area contributed by atoms with E-state index in [-0.39, 0.29) is 22.8 Å². The Kier molecular flexibility index (Phi) is 5.94. The normalized spacial score (nSPS) is 10.7. The van der Waals surface area contributed by atoms with Crippen LogP contribution in [0, 0.1) is 17.0 Å². The van der Waals surface area contributed by atoms with Crippen molar-refractivity contribution >= 4 is 23.5 Å². The summed E-state index contributed by atoms with van der Waals surface area (Å²) in [4.78, 5) is 34.7. The minimum atomic E-state index is -0.716. The first kappa shape index (κ1) is 19.7. The molecule has 6 nitrogen and oxygen atoms in total. The lowest BCUT2D eigenvalue weighted by Crippen LogP contribution is -2.09. The molecule has 144 valence electrons. The molecule has 0 bridgehead atoms. The van der Waals surface area contributed by atoms with Gasteiger partial charge in [0.25, 0.3) is 5.69 Å². The molecule has 0 unspecified atom stereocenters. The summed E-state index contributed by atoms with van der Waals surface area (Å²) < 4.78 is 5.22. The van der Waals surface area contributed by atoms with Crippen LogP contribution in [0.3, 0.4) is 0 Å². The van der Waals surface area contributed by atoms with Gasteiger partial charge in [0.1, 0.15) is 5.75 Å². The van der Waals surface area contributed by atoms with Crippen LogP contribution in [0.2, 0.25) is 0 Å². The second-order valence-corrected chi connectivity index (χ2v) is 6.33. The molecule has 0 saturated carbocycles. The molecule has 3 rings (SSSR count). The highest BCUT2D eigenvalue weighted by atomic mass is 16.6. The molecule has 0 amide bonds. The van der Waals surface area contributed by atoms with Crippen LogP contribution in [0.1, 0.15) is 31.8 Å². The topological polar surface area (TPSA) is 86.5 Å². The Morgan fingerprint density at radius 1 is 0.931 bits per heavy atom. The lowest BCUT2D eigenvalue weighted by molar-refractivity contribution is -0.384. The van der Waals surface area contributed by atoms with Gasteiger partial charge in [0.15, 0.2) is 5.78 Å². The smallest absolute Gasteiger partial charge is 0.343 e. The van der Waals surface area contributed by atoms with E-state index >= 15 is 0 Å². The van der Waals surface area contributed by atoms with Crippen LogP contribution in [-0.2, 0) is 0 Å². The monoisotopic (exact) mass is 387 g/mol. The van der Waals surface area contributed by atoms with Gasteiger partial charge in [-0.3, -0.25) is 14.9 Å². The third kappa shape index (κ3) is 5.23. The van der Waals surface area contributed by atoms with E-state index in [1.807, 2.05) is 31.2 Å². The zero-order valence-corrected chi connectivity index (χ0v) is 15.6. The molecule has 29 heavy (non-hydrogen) atoms. The molecule has 0 aliphatic heterocycles. The number of esters is 1. The molecule has 0 N–H and O–H groups in total. The molecule has 0 aliphatic carbocycles. The number of carbonyl (C=O) groups excluding carboxylic acids is 2. The Morgan fingerprint density at radius 3 is 2.28 bits per heavy atom. The zero-order chi connectivity index (χ0) is 20.8. The van der Waals surface area contributed by atoms with Crippen molar-refractivity contribution in [2.75, 3.05) is 0 Å². The Balaban J connectivity index is 1.65. The van der Waals surface area contributed by atoms with Gasteiger partial charge in [-0.2, -0.15) is 0 Å². The third-order valence-corrected chi connectivity index (χ3v) is 4.15. The van der Waals surface area contributed by atoms with Crippen LogP contribution in [0.15, 0.2) is 78.9 Å². The van der Waals surface area contributed by atoms with E-state index in [2.05, 4.69) is 0 Å². The maximum absolute atomic E-state index is 12.3. The molecule has 6 heteroatoms. The van der Waals surface area contributed by atoms with Gasteiger partial charge < -0.3 is 4.74 Å². The average molecular weight is 387 g/mol. The number of allylic oxidation sites excluding steroid dienone is 1. The van der Waals surface area contributed by atoms with E-state index in [4.69, 9.17) is 4.74 Å². The summed E-state index contributed by atoms with van der Waals surface area (Å²) in [6, 6.07) is 19.2. The Hall–Kier alpha value is -4.06. The number of carbonyl (C=O) groups is 2. The molecular formula is C23H17NO5. The lowest BCUT2D eigenvalue weighted by atomic mass is 10.1. The lowest BCUT2D eigenvalue weighted by Gasteiger charge is -2.05. The van der Waals surface area contributed by atoms with Crippen molar-refractivity contribution in [3.05, 3.63) is 111 Å². The van der Waals surface area contributed by atoms with Crippen molar-refractivity contribution in [3.8, 4) is 5.75 Å². The van der Waals surface area contributed by atoms with E-state index < -0.39 is 10.9 Å². The van der Waals surface area contributed by atoms with Gasteiger partial charge >= 0.3 is 5.97 Å².